The van der Waals surface area contributed by atoms with Crippen LogP contribution in [0.3, 0.4) is 0 Å². The monoisotopic (exact) mass is 254 g/mol. The van der Waals surface area contributed by atoms with Gasteiger partial charge in [0.05, 0.1) is 6.61 Å². The average molecular weight is 254 g/mol. The molecule has 1 aliphatic heterocycles. The summed E-state index contributed by atoms with van der Waals surface area (Å²) < 4.78 is 5.74. The summed E-state index contributed by atoms with van der Waals surface area (Å²) in [7, 11) is 0. The Hall–Kier alpha value is -1.84. The fourth-order valence-electron chi connectivity index (χ4n) is 2.71. The summed E-state index contributed by atoms with van der Waals surface area (Å²) >= 11 is 0. The number of para-hydroxylation sites is 1. The first-order valence-corrected chi connectivity index (χ1v) is 6.60. The molecule has 2 atom stereocenters. The van der Waals surface area contributed by atoms with Crippen molar-refractivity contribution >= 4 is 0 Å². The van der Waals surface area contributed by atoms with Gasteiger partial charge in [0.1, 0.15) is 5.75 Å². The molecule has 0 saturated carbocycles. The largest absolute Gasteiger partial charge is 0.493 e. The quantitative estimate of drug-likeness (QED) is 0.650. The van der Waals surface area contributed by atoms with Crippen molar-refractivity contribution in [3.8, 4) is 5.75 Å². The fourth-order valence-corrected chi connectivity index (χ4v) is 2.71. The van der Waals surface area contributed by atoms with E-state index in [1.165, 1.54) is 11.1 Å². The molecule has 2 unspecified atom stereocenters. The van der Waals surface area contributed by atoms with Gasteiger partial charge in [0.2, 0.25) is 0 Å². The number of hydrazine groups is 1. The first-order chi connectivity index (χ1) is 9.38. The normalized spacial score (nSPS) is 18.7. The number of rotatable bonds is 4. The number of hydrogen-bond acceptors (Lipinski definition) is 3. The van der Waals surface area contributed by atoms with Gasteiger partial charge < -0.3 is 4.74 Å². The third kappa shape index (κ3) is 2.48. The Kier molecular flexibility index (Phi) is 3.49. The van der Waals surface area contributed by atoms with Crippen LogP contribution in [0.1, 0.15) is 17.0 Å². The fraction of sp³-hybridized carbons (Fsp3) is 0.250. The summed E-state index contributed by atoms with van der Waals surface area (Å²) in [6.07, 6.45) is 0.902. The summed E-state index contributed by atoms with van der Waals surface area (Å²) in [4.78, 5) is 0. The molecular formula is C16H18N2O. The van der Waals surface area contributed by atoms with Crippen LogP contribution in [-0.4, -0.2) is 12.6 Å². The molecule has 0 radical (unpaired) electrons. The van der Waals surface area contributed by atoms with E-state index in [1.807, 2.05) is 18.2 Å². The molecule has 3 nitrogen and oxygen atoms in total. The summed E-state index contributed by atoms with van der Waals surface area (Å²) in [5, 5.41) is 0. The average Bonchev–Trinajstić information content (AvgIpc) is 2.90. The van der Waals surface area contributed by atoms with Crippen LogP contribution in [0.5, 0.6) is 5.75 Å². The van der Waals surface area contributed by atoms with Gasteiger partial charge in [-0.25, -0.2) is 0 Å². The van der Waals surface area contributed by atoms with Crippen LogP contribution >= 0.6 is 0 Å². The number of fused-ring (bicyclic) bond motifs is 1. The molecular weight excluding hydrogens is 236 g/mol. The molecule has 0 fully saturated rings. The molecule has 0 bridgehead atoms. The molecule has 98 valence electrons. The maximum absolute atomic E-state index is 5.75. The molecule has 1 aliphatic rings. The molecule has 2 aromatic rings. The van der Waals surface area contributed by atoms with Gasteiger partial charge in [-0.05, 0) is 18.1 Å². The van der Waals surface area contributed by atoms with Gasteiger partial charge >= 0.3 is 0 Å². The van der Waals surface area contributed by atoms with Gasteiger partial charge in [-0.2, -0.15) is 0 Å². The number of nitrogens with two attached hydrogens (primary N) is 1. The second kappa shape index (κ2) is 5.43. The van der Waals surface area contributed by atoms with Crippen molar-refractivity contribution in [2.75, 3.05) is 6.61 Å². The topological polar surface area (TPSA) is 47.3 Å². The van der Waals surface area contributed by atoms with Gasteiger partial charge in [0.25, 0.3) is 0 Å². The molecule has 0 amide bonds. The lowest BCUT2D eigenvalue weighted by molar-refractivity contribution is 0.297. The lowest BCUT2D eigenvalue weighted by Gasteiger charge is -2.22. The van der Waals surface area contributed by atoms with E-state index in [0.717, 1.165) is 12.2 Å². The number of ether oxygens (including phenoxy) is 1. The van der Waals surface area contributed by atoms with Gasteiger partial charge in [-0.1, -0.05) is 48.5 Å². The van der Waals surface area contributed by atoms with E-state index in [2.05, 4.69) is 41.8 Å². The molecule has 3 rings (SSSR count). The molecule has 0 spiro atoms. The van der Waals surface area contributed by atoms with E-state index in [9.17, 15) is 0 Å². The number of benzene rings is 2. The molecule has 1 heterocycles. The second-order valence-electron chi connectivity index (χ2n) is 4.92. The second-order valence-corrected chi connectivity index (χ2v) is 4.92. The predicted octanol–water partition coefficient (Wildman–Crippen LogP) is 2.24. The minimum absolute atomic E-state index is 0.186. The highest BCUT2D eigenvalue weighted by molar-refractivity contribution is 5.41. The third-order valence-corrected chi connectivity index (χ3v) is 3.74. The lowest BCUT2D eigenvalue weighted by atomic mass is 9.89. The van der Waals surface area contributed by atoms with Crippen molar-refractivity contribution < 1.29 is 4.74 Å². The maximum atomic E-state index is 5.75. The first kappa shape index (κ1) is 12.2. The van der Waals surface area contributed by atoms with Crippen LogP contribution in [0.4, 0.5) is 0 Å². The van der Waals surface area contributed by atoms with Crippen LogP contribution in [0, 0.1) is 0 Å². The molecule has 0 aliphatic carbocycles. The SMILES string of the molecule is NNC(Cc1ccccc1)C1COc2ccccc21. The maximum Gasteiger partial charge on any atom is 0.122 e. The third-order valence-electron chi connectivity index (χ3n) is 3.74. The Labute approximate surface area is 113 Å². The van der Waals surface area contributed by atoms with Gasteiger partial charge in [-0.3, -0.25) is 11.3 Å². The highest BCUT2D eigenvalue weighted by Crippen LogP contribution is 2.36. The van der Waals surface area contributed by atoms with Crippen molar-refractivity contribution in [2.45, 2.75) is 18.4 Å². The Morgan fingerprint density at radius 1 is 1.11 bits per heavy atom. The first-order valence-electron chi connectivity index (χ1n) is 6.60. The van der Waals surface area contributed by atoms with Crippen molar-refractivity contribution in [2.24, 2.45) is 5.84 Å². The zero-order valence-electron chi connectivity index (χ0n) is 10.8. The van der Waals surface area contributed by atoms with E-state index >= 15 is 0 Å². The van der Waals surface area contributed by atoms with Crippen LogP contribution in [-0.2, 0) is 6.42 Å². The standard InChI is InChI=1S/C16H18N2O/c17-18-15(10-12-6-2-1-3-7-12)14-11-19-16-9-5-4-8-13(14)16/h1-9,14-15,18H,10-11,17H2. The zero-order valence-corrected chi connectivity index (χ0v) is 10.8. The van der Waals surface area contributed by atoms with E-state index in [-0.39, 0.29) is 6.04 Å². The molecule has 3 N–H and O–H groups in total. The van der Waals surface area contributed by atoms with Gasteiger partial charge in [0, 0.05) is 17.5 Å². The van der Waals surface area contributed by atoms with Crippen molar-refractivity contribution in [1.29, 1.82) is 0 Å². The number of hydrogen-bond donors (Lipinski definition) is 2. The van der Waals surface area contributed by atoms with E-state index in [1.54, 1.807) is 0 Å². The smallest absolute Gasteiger partial charge is 0.122 e. The minimum Gasteiger partial charge on any atom is -0.493 e. The number of nitrogens with one attached hydrogen (secondary N) is 1. The van der Waals surface area contributed by atoms with Gasteiger partial charge in [-0.15, -0.1) is 0 Å². The Bertz CT molecular complexity index is 541. The summed E-state index contributed by atoms with van der Waals surface area (Å²) in [6, 6.07) is 18.8. The van der Waals surface area contributed by atoms with Crippen molar-refractivity contribution in [1.82, 2.24) is 5.43 Å². The highest BCUT2D eigenvalue weighted by atomic mass is 16.5. The van der Waals surface area contributed by atoms with Crippen LogP contribution in [0.25, 0.3) is 0 Å². The van der Waals surface area contributed by atoms with Crippen molar-refractivity contribution in [3.63, 3.8) is 0 Å². The lowest BCUT2D eigenvalue weighted by Crippen LogP contribution is -2.42. The molecule has 0 saturated heterocycles. The van der Waals surface area contributed by atoms with E-state index < -0.39 is 0 Å². The van der Waals surface area contributed by atoms with Crippen LogP contribution in [0.2, 0.25) is 0 Å². The van der Waals surface area contributed by atoms with Crippen molar-refractivity contribution in [3.05, 3.63) is 65.7 Å². The predicted molar refractivity (Wildman–Crippen MR) is 75.9 cm³/mol. The minimum atomic E-state index is 0.186. The zero-order chi connectivity index (χ0) is 13.1. The Balaban J connectivity index is 1.81. The van der Waals surface area contributed by atoms with E-state index in [4.69, 9.17) is 10.6 Å². The molecule has 0 aromatic heterocycles. The summed E-state index contributed by atoms with van der Waals surface area (Å²) in [5.41, 5.74) is 5.49. The molecule has 3 heteroatoms. The van der Waals surface area contributed by atoms with E-state index in [0.29, 0.717) is 12.5 Å². The Morgan fingerprint density at radius 2 is 1.84 bits per heavy atom. The van der Waals surface area contributed by atoms with Gasteiger partial charge in [0.15, 0.2) is 0 Å². The molecule has 2 aromatic carbocycles. The van der Waals surface area contributed by atoms with Crippen LogP contribution in [0.15, 0.2) is 54.6 Å². The summed E-state index contributed by atoms with van der Waals surface area (Å²) in [5.74, 6) is 7.05. The summed E-state index contributed by atoms with van der Waals surface area (Å²) in [6.45, 7) is 0.695. The Morgan fingerprint density at radius 3 is 2.63 bits per heavy atom. The molecule has 19 heavy (non-hydrogen) atoms. The van der Waals surface area contributed by atoms with Crippen LogP contribution < -0.4 is 16.0 Å². The highest BCUT2D eigenvalue weighted by Gasteiger charge is 2.30.